The Morgan fingerprint density at radius 2 is 1.88 bits per heavy atom. The molecule has 2 aromatic rings. The van der Waals surface area contributed by atoms with Crippen molar-refractivity contribution in [3.8, 4) is 5.75 Å². The number of esters is 1. The molecule has 5 nitrogen and oxygen atoms in total. The Morgan fingerprint density at radius 1 is 1.12 bits per heavy atom. The fourth-order valence-corrected chi connectivity index (χ4v) is 3.70. The third-order valence-electron chi connectivity index (χ3n) is 5.36. The van der Waals surface area contributed by atoms with E-state index < -0.39 is 0 Å². The molecule has 0 spiro atoms. The minimum absolute atomic E-state index is 0.253. The standard InChI is InChI=1S/C26H37ClN2O3/c1-5-8-10-12-21(26(30)31-7-3)16-23-18-28-20(4)29(23)19-22-13-14-24(17-25(22)27)32-15-11-9-6-2/h13-14,16-18H,5-12,15,19H2,1-4H3/b21-16+. The van der Waals surface area contributed by atoms with Crippen LogP contribution >= 0.6 is 11.6 Å². The van der Waals surface area contributed by atoms with Gasteiger partial charge in [0.1, 0.15) is 11.6 Å². The number of carbonyl (C=O) groups is 1. The lowest BCUT2D eigenvalue weighted by Gasteiger charge is -2.13. The van der Waals surface area contributed by atoms with E-state index in [-0.39, 0.29) is 5.97 Å². The van der Waals surface area contributed by atoms with E-state index in [1.807, 2.05) is 38.1 Å². The molecule has 0 saturated carbocycles. The quantitative estimate of drug-likeness (QED) is 0.173. The molecule has 0 unspecified atom stereocenters. The van der Waals surface area contributed by atoms with E-state index >= 15 is 0 Å². The molecule has 0 atom stereocenters. The number of nitrogens with zero attached hydrogens (tertiary/aromatic N) is 2. The lowest BCUT2D eigenvalue weighted by molar-refractivity contribution is -0.138. The van der Waals surface area contributed by atoms with Gasteiger partial charge in [-0.1, -0.05) is 57.2 Å². The number of carbonyl (C=O) groups excluding carboxylic acids is 1. The number of aromatic nitrogens is 2. The summed E-state index contributed by atoms with van der Waals surface area (Å²) in [6, 6.07) is 5.83. The van der Waals surface area contributed by atoms with E-state index in [0.717, 1.165) is 54.9 Å². The van der Waals surface area contributed by atoms with Gasteiger partial charge in [0.25, 0.3) is 0 Å². The fourth-order valence-electron chi connectivity index (χ4n) is 3.47. The smallest absolute Gasteiger partial charge is 0.334 e. The average molecular weight is 461 g/mol. The van der Waals surface area contributed by atoms with Crippen LogP contribution in [-0.4, -0.2) is 28.7 Å². The highest BCUT2D eigenvalue weighted by atomic mass is 35.5. The average Bonchev–Trinajstić information content (AvgIpc) is 3.11. The molecular weight excluding hydrogens is 424 g/mol. The van der Waals surface area contributed by atoms with Gasteiger partial charge in [0.05, 0.1) is 31.6 Å². The highest BCUT2D eigenvalue weighted by Crippen LogP contribution is 2.25. The first-order valence-electron chi connectivity index (χ1n) is 11.8. The van der Waals surface area contributed by atoms with E-state index in [9.17, 15) is 4.79 Å². The Hall–Kier alpha value is -2.27. The van der Waals surface area contributed by atoms with Gasteiger partial charge in [-0.25, -0.2) is 9.78 Å². The Labute approximate surface area is 197 Å². The first-order valence-corrected chi connectivity index (χ1v) is 12.2. The van der Waals surface area contributed by atoms with Gasteiger partial charge in [-0.15, -0.1) is 0 Å². The van der Waals surface area contributed by atoms with Gasteiger partial charge in [0.2, 0.25) is 0 Å². The van der Waals surface area contributed by atoms with Gasteiger partial charge in [-0.3, -0.25) is 0 Å². The predicted molar refractivity (Wildman–Crippen MR) is 131 cm³/mol. The molecule has 0 aliphatic rings. The zero-order chi connectivity index (χ0) is 23.3. The van der Waals surface area contributed by atoms with Crippen molar-refractivity contribution in [3.05, 3.63) is 52.1 Å². The number of unbranched alkanes of at least 4 members (excludes halogenated alkanes) is 4. The molecule has 6 heteroatoms. The van der Waals surface area contributed by atoms with Gasteiger partial charge in [0, 0.05) is 10.6 Å². The van der Waals surface area contributed by atoms with Crippen LogP contribution in [0.3, 0.4) is 0 Å². The number of benzene rings is 1. The molecule has 0 N–H and O–H groups in total. The topological polar surface area (TPSA) is 53.4 Å². The molecule has 0 aliphatic heterocycles. The van der Waals surface area contributed by atoms with Crippen LogP contribution in [0.15, 0.2) is 30.0 Å². The second-order valence-corrected chi connectivity index (χ2v) is 8.38. The lowest BCUT2D eigenvalue weighted by Crippen LogP contribution is -2.10. The third-order valence-corrected chi connectivity index (χ3v) is 5.72. The maximum Gasteiger partial charge on any atom is 0.334 e. The number of rotatable bonds is 14. The van der Waals surface area contributed by atoms with Crippen molar-refractivity contribution in [2.45, 2.75) is 79.2 Å². The Balaban J connectivity index is 2.20. The molecule has 0 fully saturated rings. The molecule has 0 amide bonds. The third kappa shape index (κ3) is 8.01. The summed E-state index contributed by atoms with van der Waals surface area (Å²) >= 11 is 6.57. The number of imidazole rings is 1. The van der Waals surface area contributed by atoms with E-state index in [4.69, 9.17) is 21.1 Å². The first-order chi connectivity index (χ1) is 15.5. The summed E-state index contributed by atoms with van der Waals surface area (Å²) in [5.41, 5.74) is 2.54. The maximum atomic E-state index is 12.5. The van der Waals surface area contributed by atoms with E-state index in [0.29, 0.717) is 36.8 Å². The number of halogens is 1. The maximum absolute atomic E-state index is 12.5. The molecule has 32 heavy (non-hydrogen) atoms. The largest absolute Gasteiger partial charge is 0.494 e. The molecular formula is C26H37ClN2O3. The van der Waals surface area contributed by atoms with Crippen LogP contribution in [0.1, 0.15) is 82.8 Å². The molecule has 0 radical (unpaired) electrons. The van der Waals surface area contributed by atoms with Crippen LogP contribution in [0, 0.1) is 6.92 Å². The SMILES string of the molecule is CCCCCOc1ccc(Cn2c(/C=C(\CCCCC)C(=O)OCC)cnc2C)c(Cl)c1. The van der Waals surface area contributed by atoms with E-state index in [2.05, 4.69) is 23.4 Å². The summed E-state index contributed by atoms with van der Waals surface area (Å²) < 4.78 is 13.2. The van der Waals surface area contributed by atoms with Gasteiger partial charge in [-0.2, -0.15) is 0 Å². The fraction of sp³-hybridized carbons (Fsp3) is 0.538. The van der Waals surface area contributed by atoms with Gasteiger partial charge in [0.15, 0.2) is 0 Å². The van der Waals surface area contributed by atoms with Crippen molar-refractivity contribution in [2.75, 3.05) is 13.2 Å². The number of hydrogen-bond donors (Lipinski definition) is 0. The number of aryl methyl sites for hydroxylation is 1. The predicted octanol–water partition coefficient (Wildman–Crippen LogP) is 6.99. The highest BCUT2D eigenvalue weighted by molar-refractivity contribution is 6.31. The van der Waals surface area contributed by atoms with Crippen LogP contribution < -0.4 is 4.74 Å². The number of ether oxygens (including phenoxy) is 2. The summed E-state index contributed by atoms with van der Waals surface area (Å²) in [5, 5.41) is 0.662. The van der Waals surface area contributed by atoms with Gasteiger partial charge in [-0.05, 0) is 56.9 Å². The Bertz CT molecular complexity index is 889. The monoisotopic (exact) mass is 460 g/mol. The van der Waals surface area contributed by atoms with Crippen molar-refractivity contribution in [1.82, 2.24) is 9.55 Å². The lowest BCUT2D eigenvalue weighted by atomic mass is 10.1. The molecule has 1 aromatic heterocycles. The highest BCUT2D eigenvalue weighted by Gasteiger charge is 2.14. The molecule has 0 bridgehead atoms. The minimum Gasteiger partial charge on any atom is -0.494 e. The van der Waals surface area contributed by atoms with Gasteiger partial charge >= 0.3 is 5.97 Å². The van der Waals surface area contributed by atoms with E-state index in [1.165, 1.54) is 6.42 Å². The molecule has 0 aliphatic carbocycles. The second kappa shape index (κ2) is 14.0. The summed E-state index contributed by atoms with van der Waals surface area (Å²) in [6.45, 7) is 9.74. The van der Waals surface area contributed by atoms with Crippen LogP contribution in [0.5, 0.6) is 5.75 Å². The molecule has 0 saturated heterocycles. The van der Waals surface area contributed by atoms with Crippen molar-refractivity contribution in [3.63, 3.8) is 0 Å². The summed E-state index contributed by atoms with van der Waals surface area (Å²) in [6.07, 6.45) is 10.9. The zero-order valence-corrected chi connectivity index (χ0v) is 20.7. The van der Waals surface area contributed by atoms with Crippen LogP contribution in [0.4, 0.5) is 0 Å². The minimum atomic E-state index is -0.253. The normalized spacial score (nSPS) is 11.6. The van der Waals surface area contributed by atoms with Crippen molar-refractivity contribution >= 4 is 23.6 Å². The number of hydrogen-bond acceptors (Lipinski definition) is 4. The van der Waals surface area contributed by atoms with Crippen molar-refractivity contribution in [1.29, 1.82) is 0 Å². The Kier molecular flexibility index (Phi) is 11.4. The second-order valence-electron chi connectivity index (χ2n) is 7.97. The van der Waals surface area contributed by atoms with E-state index in [1.54, 1.807) is 6.20 Å². The zero-order valence-electron chi connectivity index (χ0n) is 20.0. The summed E-state index contributed by atoms with van der Waals surface area (Å²) in [7, 11) is 0. The molecule has 1 heterocycles. The van der Waals surface area contributed by atoms with Crippen molar-refractivity contribution in [2.24, 2.45) is 0 Å². The van der Waals surface area contributed by atoms with Crippen LogP contribution in [0.25, 0.3) is 6.08 Å². The Morgan fingerprint density at radius 3 is 2.56 bits per heavy atom. The molecule has 2 rings (SSSR count). The molecule has 176 valence electrons. The van der Waals surface area contributed by atoms with Crippen LogP contribution in [-0.2, 0) is 16.1 Å². The summed E-state index contributed by atoms with van der Waals surface area (Å²) in [4.78, 5) is 17.0. The van der Waals surface area contributed by atoms with Crippen molar-refractivity contribution < 1.29 is 14.3 Å². The van der Waals surface area contributed by atoms with Crippen LogP contribution in [0.2, 0.25) is 5.02 Å². The first kappa shape index (κ1) is 26.0. The van der Waals surface area contributed by atoms with Gasteiger partial charge < -0.3 is 14.0 Å². The molecule has 1 aromatic carbocycles. The summed E-state index contributed by atoms with van der Waals surface area (Å²) in [5.74, 6) is 1.40.